The van der Waals surface area contributed by atoms with Crippen molar-refractivity contribution in [3.8, 4) is 17.2 Å². The molecule has 0 bridgehead atoms. The zero-order chi connectivity index (χ0) is 22.8. The predicted molar refractivity (Wildman–Crippen MR) is 126 cm³/mol. The zero-order valence-electron chi connectivity index (χ0n) is 17.9. The molecule has 7 nitrogen and oxygen atoms in total. The molecule has 166 valence electrons. The van der Waals surface area contributed by atoms with Crippen molar-refractivity contribution in [1.82, 2.24) is 15.3 Å². The lowest BCUT2D eigenvalue weighted by atomic mass is 10.1. The van der Waals surface area contributed by atoms with E-state index in [1.807, 2.05) is 61.5 Å². The van der Waals surface area contributed by atoms with Gasteiger partial charge in [-0.05, 0) is 42.3 Å². The first-order valence-corrected chi connectivity index (χ1v) is 11.5. The number of pyridine rings is 1. The SMILES string of the molecule is CCc1oc(-c2ccccc2)nc1COc1ccc2cc(CC3SC(=O)NC3=O)cnc2c1. The van der Waals surface area contributed by atoms with Gasteiger partial charge in [-0.3, -0.25) is 19.9 Å². The number of ether oxygens (including phenoxy) is 1. The summed E-state index contributed by atoms with van der Waals surface area (Å²) in [7, 11) is 0. The van der Waals surface area contributed by atoms with Crippen molar-refractivity contribution in [2.24, 2.45) is 0 Å². The molecule has 0 spiro atoms. The first kappa shape index (κ1) is 21.2. The van der Waals surface area contributed by atoms with Crippen molar-refractivity contribution in [1.29, 1.82) is 0 Å². The van der Waals surface area contributed by atoms with Crippen LogP contribution in [0.1, 0.15) is 23.9 Å². The van der Waals surface area contributed by atoms with Gasteiger partial charge in [0.25, 0.3) is 5.24 Å². The normalized spacial score (nSPS) is 15.7. The molecule has 5 rings (SSSR count). The van der Waals surface area contributed by atoms with Crippen LogP contribution in [-0.4, -0.2) is 26.4 Å². The first-order chi connectivity index (χ1) is 16.1. The molecular weight excluding hydrogens is 438 g/mol. The number of aromatic nitrogens is 2. The molecule has 1 unspecified atom stereocenters. The van der Waals surface area contributed by atoms with E-state index in [9.17, 15) is 9.59 Å². The van der Waals surface area contributed by atoms with Crippen molar-refractivity contribution < 1.29 is 18.7 Å². The molecule has 4 aromatic rings. The molecule has 3 heterocycles. The Morgan fingerprint density at radius 2 is 1.97 bits per heavy atom. The van der Waals surface area contributed by atoms with E-state index in [1.165, 1.54) is 0 Å². The van der Waals surface area contributed by atoms with Crippen molar-refractivity contribution >= 4 is 33.8 Å². The van der Waals surface area contributed by atoms with E-state index in [4.69, 9.17) is 9.15 Å². The average molecular weight is 460 g/mol. The molecule has 2 aromatic carbocycles. The fraction of sp³-hybridized carbons (Fsp3) is 0.200. The topological polar surface area (TPSA) is 94.3 Å². The van der Waals surface area contributed by atoms with E-state index >= 15 is 0 Å². The van der Waals surface area contributed by atoms with Crippen LogP contribution in [0.3, 0.4) is 0 Å². The number of imide groups is 1. The maximum atomic E-state index is 11.8. The van der Waals surface area contributed by atoms with Crippen LogP contribution in [-0.2, 0) is 24.2 Å². The van der Waals surface area contributed by atoms with E-state index in [0.717, 1.165) is 51.7 Å². The Morgan fingerprint density at radius 3 is 2.73 bits per heavy atom. The molecule has 1 aliphatic rings. The summed E-state index contributed by atoms with van der Waals surface area (Å²) < 4.78 is 11.9. The molecule has 1 saturated heterocycles. The first-order valence-electron chi connectivity index (χ1n) is 10.7. The second-order valence-corrected chi connectivity index (χ2v) is 8.86. The van der Waals surface area contributed by atoms with Crippen LogP contribution >= 0.6 is 11.8 Å². The van der Waals surface area contributed by atoms with Crippen molar-refractivity contribution in [2.45, 2.75) is 31.6 Å². The smallest absolute Gasteiger partial charge is 0.286 e. The van der Waals surface area contributed by atoms with Gasteiger partial charge in [0, 0.05) is 29.6 Å². The number of nitrogens with one attached hydrogen (secondary N) is 1. The van der Waals surface area contributed by atoms with E-state index in [0.29, 0.717) is 24.7 Å². The number of thioether (sulfide) groups is 1. The highest BCUT2D eigenvalue weighted by atomic mass is 32.2. The predicted octanol–water partition coefficient (Wildman–Crippen LogP) is 4.93. The van der Waals surface area contributed by atoms with Gasteiger partial charge in [-0.25, -0.2) is 4.98 Å². The Morgan fingerprint density at radius 1 is 1.12 bits per heavy atom. The number of carbonyl (C=O) groups is 2. The molecule has 0 saturated carbocycles. The number of aryl methyl sites for hydroxylation is 1. The number of carbonyl (C=O) groups excluding carboxylic acids is 2. The molecule has 1 atom stereocenters. The summed E-state index contributed by atoms with van der Waals surface area (Å²) >= 11 is 1.02. The van der Waals surface area contributed by atoms with Gasteiger partial charge in [-0.2, -0.15) is 0 Å². The fourth-order valence-electron chi connectivity index (χ4n) is 3.72. The van der Waals surface area contributed by atoms with Gasteiger partial charge in [0.15, 0.2) is 0 Å². The Hall–Kier alpha value is -3.65. The molecule has 2 aromatic heterocycles. The monoisotopic (exact) mass is 459 g/mol. The lowest BCUT2D eigenvalue weighted by molar-refractivity contribution is -0.118. The van der Waals surface area contributed by atoms with Gasteiger partial charge in [-0.1, -0.05) is 36.9 Å². The van der Waals surface area contributed by atoms with Crippen LogP contribution in [0.15, 0.2) is 65.2 Å². The maximum Gasteiger partial charge on any atom is 0.286 e. The van der Waals surface area contributed by atoms with Crippen LogP contribution in [0.4, 0.5) is 4.79 Å². The van der Waals surface area contributed by atoms with Crippen LogP contribution < -0.4 is 10.1 Å². The van der Waals surface area contributed by atoms with E-state index < -0.39 is 5.25 Å². The molecular formula is C25H21N3O4S. The quantitative estimate of drug-likeness (QED) is 0.419. The number of rotatable bonds is 7. The third kappa shape index (κ3) is 4.61. The number of fused-ring (bicyclic) bond motifs is 1. The average Bonchev–Trinajstić information content (AvgIpc) is 3.40. The van der Waals surface area contributed by atoms with Crippen molar-refractivity contribution in [3.63, 3.8) is 0 Å². The van der Waals surface area contributed by atoms with Gasteiger partial charge in [0.05, 0.1) is 10.8 Å². The van der Waals surface area contributed by atoms with Gasteiger partial charge < -0.3 is 9.15 Å². The molecule has 2 amide bonds. The highest BCUT2D eigenvalue weighted by Crippen LogP contribution is 2.27. The second-order valence-electron chi connectivity index (χ2n) is 7.68. The summed E-state index contributed by atoms with van der Waals surface area (Å²) in [6, 6.07) is 17.5. The van der Waals surface area contributed by atoms with Crippen LogP contribution in [0.25, 0.3) is 22.4 Å². The Balaban J connectivity index is 1.29. The minimum atomic E-state index is -0.407. The largest absolute Gasteiger partial charge is 0.487 e. The number of nitrogens with zero attached hydrogens (tertiary/aromatic N) is 2. The lowest BCUT2D eigenvalue weighted by Gasteiger charge is -2.08. The summed E-state index contributed by atoms with van der Waals surface area (Å²) in [4.78, 5) is 32.3. The highest BCUT2D eigenvalue weighted by Gasteiger charge is 2.31. The Bertz CT molecular complexity index is 1340. The molecule has 0 aliphatic carbocycles. The van der Waals surface area contributed by atoms with Gasteiger partial charge >= 0.3 is 0 Å². The van der Waals surface area contributed by atoms with E-state index in [-0.39, 0.29) is 11.1 Å². The Labute approximate surface area is 194 Å². The molecule has 1 N–H and O–H groups in total. The second kappa shape index (κ2) is 9.07. The molecule has 33 heavy (non-hydrogen) atoms. The minimum absolute atomic E-state index is 0.247. The van der Waals surface area contributed by atoms with Crippen LogP contribution in [0, 0.1) is 0 Å². The Kier molecular flexibility index (Phi) is 5.83. The number of benzene rings is 2. The maximum absolute atomic E-state index is 11.8. The molecule has 1 fully saturated rings. The van der Waals surface area contributed by atoms with Crippen molar-refractivity contribution in [3.05, 3.63) is 77.8 Å². The number of amides is 2. The highest BCUT2D eigenvalue weighted by molar-refractivity contribution is 8.15. The third-order valence-corrected chi connectivity index (χ3v) is 6.38. The summed E-state index contributed by atoms with van der Waals surface area (Å²) in [6.45, 7) is 2.32. The van der Waals surface area contributed by atoms with E-state index in [2.05, 4.69) is 15.3 Å². The summed E-state index contributed by atoms with van der Waals surface area (Å²) in [6.07, 6.45) is 2.92. The summed E-state index contributed by atoms with van der Waals surface area (Å²) in [5, 5.41) is 2.55. The standard InChI is InChI=1S/C25H21N3O4S/c1-2-21-20(27-24(32-21)16-6-4-3-5-7-16)14-31-18-9-8-17-10-15(13-26-19(17)12-18)11-22-23(29)28-25(30)33-22/h3-10,12-13,22H,2,11,14H2,1H3,(H,28,29,30). The molecule has 1 aliphatic heterocycles. The number of hydrogen-bond acceptors (Lipinski definition) is 7. The fourth-order valence-corrected chi connectivity index (χ4v) is 4.58. The van der Waals surface area contributed by atoms with Crippen LogP contribution in [0.2, 0.25) is 0 Å². The number of oxazole rings is 1. The third-order valence-electron chi connectivity index (χ3n) is 5.40. The number of hydrogen-bond donors (Lipinski definition) is 1. The van der Waals surface area contributed by atoms with Crippen molar-refractivity contribution in [2.75, 3.05) is 0 Å². The summed E-state index contributed by atoms with van der Waals surface area (Å²) in [5.74, 6) is 1.84. The van der Waals surface area contributed by atoms with Crippen LogP contribution in [0.5, 0.6) is 5.75 Å². The minimum Gasteiger partial charge on any atom is -0.487 e. The molecule has 8 heteroatoms. The van der Waals surface area contributed by atoms with Gasteiger partial charge in [0.1, 0.15) is 23.8 Å². The van der Waals surface area contributed by atoms with Gasteiger partial charge in [0.2, 0.25) is 11.8 Å². The lowest BCUT2D eigenvalue weighted by Crippen LogP contribution is -2.25. The zero-order valence-corrected chi connectivity index (χ0v) is 18.7. The molecule has 0 radical (unpaired) electrons. The summed E-state index contributed by atoms with van der Waals surface area (Å²) in [5.41, 5.74) is 3.41. The van der Waals surface area contributed by atoms with Gasteiger partial charge in [-0.15, -0.1) is 0 Å². The van der Waals surface area contributed by atoms with E-state index in [1.54, 1.807) is 6.20 Å².